The van der Waals surface area contributed by atoms with Crippen molar-refractivity contribution in [3.63, 3.8) is 0 Å². The van der Waals surface area contributed by atoms with E-state index in [1.807, 2.05) is 0 Å². The van der Waals surface area contributed by atoms with Crippen molar-refractivity contribution in [1.29, 1.82) is 0 Å². The number of primary amides is 1. The van der Waals surface area contributed by atoms with Gasteiger partial charge in [-0.15, -0.1) is 0 Å². The highest BCUT2D eigenvalue weighted by Gasteiger charge is 2.13. The summed E-state index contributed by atoms with van der Waals surface area (Å²) >= 11 is 3.12. The molecular formula is C9H9BrFNO2. The van der Waals surface area contributed by atoms with Crippen LogP contribution in [0.15, 0.2) is 22.7 Å². The smallest absolute Gasteiger partial charge is 0.405 e. The molecule has 0 spiro atoms. The van der Waals surface area contributed by atoms with E-state index in [0.29, 0.717) is 10.0 Å². The molecule has 0 heterocycles. The van der Waals surface area contributed by atoms with Gasteiger partial charge in [-0.1, -0.05) is 22.0 Å². The predicted molar refractivity (Wildman–Crippen MR) is 53.2 cm³/mol. The molecule has 0 aromatic heterocycles. The Morgan fingerprint density at radius 1 is 1.64 bits per heavy atom. The second-order valence-corrected chi connectivity index (χ2v) is 3.66. The standard InChI is InChI=1S/C9H9BrFNO2/c1-5(14-9(12)13)7-3-2-6(10)4-8(7)11/h2-5H,1H3,(H2,12,13)/t5-/m0/s1. The molecule has 2 N–H and O–H groups in total. The molecule has 0 unspecified atom stereocenters. The van der Waals surface area contributed by atoms with Gasteiger partial charge in [0.2, 0.25) is 0 Å². The van der Waals surface area contributed by atoms with Gasteiger partial charge in [-0.05, 0) is 19.1 Å². The van der Waals surface area contributed by atoms with Gasteiger partial charge in [0.05, 0.1) is 0 Å². The van der Waals surface area contributed by atoms with Crippen molar-refractivity contribution in [2.45, 2.75) is 13.0 Å². The molecule has 0 saturated carbocycles. The van der Waals surface area contributed by atoms with Crippen LogP contribution in [-0.4, -0.2) is 6.09 Å². The Balaban J connectivity index is 2.90. The minimum Gasteiger partial charge on any atom is -0.442 e. The van der Waals surface area contributed by atoms with Gasteiger partial charge in [-0.2, -0.15) is 0 Å². The van der Waals surface area contributed by atoms with Crippen molar-refractivity contribution < 1.29 is 13.9 Å². The maximum absolute atomic E-state index is 13.3. The highest BCUT2D eigenvalue weighted by molar-refractivity contribution is 9.10. The molecule has 1 atom stereocenters. The molecule has 1 rings (SSSR count). The number of hydrogen-bond acceptors (Lipinski definition) is 2. The lowest BCUT2D eigenvalue weighted by Gasteiger charge is -2.12. The maximum Gasteiger partial charge on any atom is 0.405 e. The van der Waals surface area contributed by atoms with Crippen LogP contribution in [0, 0.1) is 5.82 Å². The van der Waals surface area contributed by atoms with Crippen LogP contribution >= 0.6 is 15.9 Å². The third kappa shape index (κ3) is 2.70. The average molecular weight is 262 g/mol. The van der Waals surface area contributed by atoms with Gasteiger partial charge >= 0.3 is 6.09 Å². The van der Waals surface area contributed by atoms with Crippen LogP contribution in [0.25, 0.3) is 0 Å². The monoisotopic (exact) mass is 261 g/mol. The van der Waals surface area contributed by atoms with E-state index in [9.17, 15) is 9.18 Å². The van der Waals surface area contributed by atoms with Crippen molar-refractivity contribution >= 4 is 22.0 Å². The number of rotatable bonds is 2. The largest absolute Gasteiger partial charge is 0.442 e. The van der Waals surface area contributed by atoms with Gasteiger partial charge in [0.15, 0.2) is 0 Å². The van der Waals surface area contributed by atoms with Crippen molar-refractivity contribution in [2.24, 2.45) is 5.73 Å². The number of amides is 1. The zero-order chi connectivity index (χ0) is 10.7. The Kier molecular flexibility index (Phi) is 3.46. The quantitative estimate of drug-likeness (QED) is 0.890. The molecular weight excluding hydrogens is 253 g/mol. The lowest BCUT2D eigenvalue weighted by molar-refractivity contribution is 0.114. The van der Waals surface area contributed by atoms with Crippen LogP contribution in [0.2, 0.25) is 0 Å². The molecule has 5 heteroatoms. The first-order chi connectivity index (χ1) is 6.50. The molecule has 14 heavy (non-hydrogen) atoms. The van der Waals surface area contributed by atoms with Crippen molar-refractivity contribution in [2.75, 3.05) is 0 Å². The third-order valence-electron chi connectivity index (χ3n) is 1.69. The summed E-state index contributed by atoms with van der Waals surface area (Å²) in [5, 5.41) is 0. The Morgan fingerprint density at radius 3 is 2.79 bits per heavy atom. The summed E-state index contributed by atoms with van der Waals surface area (Å²) in [5.74, 6) is -0.437. The van der Waals surface area contributed by atoms with E-state index in [1.54, 1.807) is 13.0 Å². The van der Waals surface area contributed by atoms with Crippen LogP contribution in [0.4, 0.5) is 9.18 Å². The molecule has 3 nitrogen and oxygen atoms in total. The summed E-state index contributed by atoms with van der Waals surface area (Å²) < 4.78 is 18.6. The van der Waals surface area contributed by atoms with Crippen LogP contribution in [0.3, 0.4) is 0 Å². The van der Waals surface area contributed by atoms with Gasteiger partial charge < -0.3 is 10.5 Å². The molecule has 76 valence electrons. The number of hydrogen-bond donors (Lipinski definition) is 1. The SMILES string of the molecule is C[C@H](OC(N)=O)c1ccc(Br)cc1F. The van der Waals surface area contributed by atoms with E-state index in [0.717, 1.165) is 0 Å². The van der Waals surface area contributed by atoms with E-state index in [-0.39, 0.29) is 0 Å². The summed E-state index contributed by atoms with van der Waals surface area (Å²) in [7, 11) is 0. The minimum atomic E-state index is -0.917. The molecule has 0 fully saturated rings. The molecule has 0 radical (unpaired) electrons. The van der Waals surface area contributed by atoms with Crippen LogP contribution in [0.5, 0.6) is 0 Å². The Bertz CT molecular complexity index is 357. The summed E-state index contributed by atoms with van der Waals surface area (Å²) in [5.41, 5.74) is 5.12. The lowest BCUT2D eigenvalue weighted by atomic mass is 10.1. The molecule has 0 saturated heterocycles. The third-order valence-corrected chi connectivity index (χ3v) is 2.19. The number of nitrogens with two attached hydrogens (primary N) is 1. The number of carbonyl (C=O) groups excluding carboxylic acids is 1. The molecule has 0 aliphatic rings. The lowest BCUT2D eigenvalue weighted by Crippen LogP contribution is -2.16. The zero-order valence-electron chi connectivity index (χ0n) is 7.46. The second-order valence-electron chi connectivity index (χ2n) is 2.74. The van der Waals surface area contributed by atoms with Crippen molar-refractivity contribution in [1.82, 2.24) is 0 Å². The predicted octanol–water partition coefficient (Wildman–Crippen LogP) is 2.74. The molecule has 0 aliphatic carbocycles. The van der Waals surface area contributed by atoms with Gasteiger partial charge in [0.1, 0.15) is 11.9 Å². The fraction of sp³-hybridized carbons (Fsp3) is 0.222. The van der Waals surface area contributed by atoms with Crippen LogP contribution in [0.1, 0.15) is 18.6 Å². The summed E-state index contributed by atoms with van der Waals surface area (Å²) in [4.78, 5) is 10.4. The Labute approximate surface area is 89.2 Å². The Morgan fingerprint density at radius 2 is 2.29 bits per heavy atom. The number of carbonyl (C=O) groups is 1. The topological polar surface area (TPSA) is 52.3 Å². The average Bonchev–Trinajstić information content (AvgIpc) is 2.01. The van der Waals surface area contributed by atoms with Gasteiger partial charge in [0.25, 0.3) is 0 Å². The molecule has 1 aromatic rings. The van der Waals surface area contributed by atoms with Crippen LogP contribution < -0.4 is 5.73 Å². The van der Waals surface area contributed by atoms with E-state index < -0.39 is 18.0 Å². The van der Waals surface area contributed by atoms with Gasteiger partial charge in [0, 0.05) is 10.0 Å². The second kappa shape index (κ2) is 4.41. The molecule has 1 amide bonds. The number of benzene rings is 1. The highest BCUT2D eigenvalue weighted by atomic mass is 79.9. The highest BCUT2D eigenvalue weighted by Crippen LogP contribution is 2.23. The minimum absolute atomic E-state index is 0.298. The number of halogens is 2. The first-order valence-corrected chi connectivity index (χ1v) is 4.71. The van der Waals surface area contributed by atoms with E-state index in [1.165, 1.54) is 12.1 Å². The first-order valence-electron chi connectivity index (χ1n) is 3.91. The van der Waals surface area contributed by atoms with E-state index in [2.05, 4.69) is 20.7 Å². The van der Waals surface area contributed by atoms with Crippen molar-refractivity contribution in [3.8, 4) is 0 Å². The van der Waals surface area contributed by atoms with Crippen LogP contribution in [-0.2, 0) is 4.74 Å². The normalized spacial score (nSPS) is 12.2. The Hall–Kier alpha value is -1.10. The molecule has 0 aliphatic heterocycles. The molecule has 0 bridgehead atoms. The van der Waals surface area contributed by atoms with Crippen molar-refractivity contribution in [3.05, 3.63) is 34.1 Å². The van der Waals surface area contributed by atoms with E-state index in [4.69, 9.17) is 5.73 Å². The maximum atomic E-state index is 13.3. The number of ether oxygens (including phenoxy) is 1. The summed E-state index contributed by atoms with van der Waals surface area (Å²) in [6.07, 6.45) is -1.60. The fourth-order valence-electron chi connectivity index (χ4n) is 1.07. The summed E-state index contributed by atoms with van der Waals surface area (Å²) in [6.45, 7) is 1.55. The zero-order valence-corrected chi connectivity index (χ0v) is 9.05. The molecule has 1 aromatic carbocycles. The fourth-order valence-corrected chi connectivity index (χ4v) is 1.40. The van der Waals surface area contributed by atoms with Gasteiger partial charge in [-0.3, -0.25) is 0 Å². The van der Waals surface area contributed by atoms with E-state index >= 15 is 0 Å². The van der Waals surface area contributed by atoms with Gasteiger partial charge in [-0.25, -0.2) is 9.18 Å². The first kappa shape index (κ1) is 11.0. The summed E-state index contributed by atoms with van der Waals surface area (Å²) in [6, 6.07) is 4.50.